The second kappa shape index (κ2) is 5.07. The second-order valence-corrected chi connectivity index (χ2v) is 6.75. The fraction of sp³-hybridized carbons (Fsp3) is 0.812. The Balaban J connectivity index is 2.35. The van der Waals surface area contributed by atoms with Crippen LogP contribution < -0.4 is 5.32 Å². The van der Waals surface area contributed by atoms with Crippen LogP contribution in [0.3, 0.4) is 0 Å². The molecule has 2 rings (SSSR count). The van der Waals surface area contributed by atoms with E-state index >= 15 is 0 Å². The highest BCUT2D eigenvalue weighted by Crippen LogP contribution is 2.53. The first-order valence-corrected chi connectivity index (χ1v) is 7.39. The first-order chi connectivity index (χ1) is 8.51. The molecule has 1 saturated carbocycles. The number of amides is 1. The summed E-state index contributed by atoms with van der Waals surface area (Å²) in [5.41, 5.74) is 1.72. The minimum atomic E-state index is 0.220. The maximum atomic E-state index is 11.0. The zero-order valence-electron chi connectivity index (χ0n) is 12.2. The maximum Gasteiger partial charge on any atom is 0.207 e. The first-order valence-electron chi connectivity index (χ1n) is 7.39. The van der Waals surface area contributed by atoms with E-state index in [2.05, 4.69) is 39.1 Å². The van der Waals surface area contributed by atoms with Crippen molar-refractivity contribution in [2.24, 2.45) is 23.2 Å². The SMILES string of the molecule is CC1=CC2(CC1)C(C)CCC(C(C)C)C2NC=O. The highest BCUT2D eigenvalue weighted by molar-refractivity contribution is 5.48. The minimum Gasteiger partial charge on any atom is -0.355 e. The summed E-state index contributed by atoms with van der Waals surface area (Å²) in [5, 5.41) is 3.17. The van der Waals surface area contributed by atoms with Gasteiger partial charge in [0.15, 0.2) is 0 Å². The Hall–Kier alpha value is -0.790. The molecule has 18 heavy (non-hydrogen) atoms. The highest BCUT2D eigenvalue weighted by atomic mass is 16.1. The van der Waals surface area contributed by atoms with E-state index in [-0.39, 0.29) is 5.41 Å². The molecular formula is C16H27NO. The minimum absolute atomic E-state index is 0.220. The topological polar surface area (TPSA) is 29.1 Å². The Bertz CT molecular complexity index is 347. The number of hydrogen-bond acceptors (Lipinski definition) is 1. The van der Waals surface area contributed by atoms with E-state index in [1.165, 1.54) is 31.3 Å². The lowest BCUT2D eigenvalue weighted by Crippen LogP contribution is -2.55. The van der Waals surface area contributed by atoms with Crippen molar-refractivity contribution in [1.29, 1.82) is 0 Å². The third kappa shape index (κ3) is 2.10. The Kier molecular flexibility index (Phi) is 3.84. The Morgan fingerprint density at radius 1 is 1.44 bits per heavy atom. The van der Waals surface area contributed by atoms with Gasteiger partial charge >= 0.3 is 0 Å². The molecule has 0 aliphatic heterocycles. The summed E-state index contributed by atoms with van der Waals surface area (Å²) >= 11 is 0. The molecule has 2 nitrogen and oxygen atoms in total. The number of rotatable bonds is 3. The van der Waals surface area contributed by atoms with Gasteiger partial charge in [0.25, 0.3) is 0 Å². The number of carbonyl (C=O) groups is 1. The van der Waals surface area contributed by atoms with Gasteiger partial charge in [-0.1, -0.05) is 32.4 Å². The molecular weight excluding hydrogens is 222 g/mol. The number of allylic oxidation sites excluding steroid dienone is 1. The van der Waals surface area contributed by atoms with Crippen molar-refractivity contribution < 1.29 is 4.79 Å². The van der Waals surface area contributed by atoms with Crippen molar-refractivity contribution in [3.63, 3.8) is 0 Å². The van der Waals surface area contributed by atoms with E-state index in [0.29, 0.717) is 23.8 Å². The van der Waals surface area contributed by atoms with E-state index in [9.17, 15) is 4.79 Å². The molecule has 0 radical (unpaired) electrons. The van der Waals surface area contributed by atoms with E-state index in [0.717, 1.165) is 6.41 Å². The van der Waals surface area contributed by atoms with Gasteiger partial charge in [-0.3, -0.25) is 4.79 Å². The third-order valence-corrected chi connectivity index (χ3v) is 5.43. The van der Waals surface area contributed by atoms with Gasteiger partial charge in [-0.15, -0.1) is 0 Å². The standard InChI is InChI=1S/C16H27NO/c1-11(2)14-6-5-13(4)16(15(14)17-10-18)8-7-12(3)9-16/h9-11,13-15H,5-8H2,1-4H3,(H,17,18). The van der Waals surface area contributed by atoms with Gasteiger partial charge in [-0.2, -0.15) is 0 Å². The van der Waals surface area contributed by atoms with Crippen LogP contribution in [0.2, 0.25) is 0 Å². The zero-order valence-corrected chi connectivity index (χ0v) is 12.2. The Labute approximate surface area is 111 Å². The molecule has 0 heterocycles. The van der Waals surface area contributed by atoms with Crippen LogP contribution in [0.25, 0.3) is 0 Å². The maximum absolute atomic E-state index is 11.0. The predicted molar refractivity (Wildman–Crippen MR) is 75.1 cm³/mol. The zero-order chi connectivity index (χ0) is 13.3. The molecule has 1 fully saturated rings. The monoisotopic (exact) mass is 249 g/mol. The summed E-state index contributed by atoms with van der Waals surface area (Å²) in [6.45, 7) is 9.18. The largest absolute Gasteiger partial charge is 0.355 e. The third-order valence-electron chi connectivity index (χ3n) is 5.43. The normalized spacial score (nSPS) is 40.1. The first kappa shape index (κ1) is 13.6. The van der Waals surface area contributed by atoms with Crippen LogP contribution in [0.5, 0.6) is 0 Å². The van der Waals surface area contributed by atoms with Crippen LogP contribution in [0.1, 0.15) is 53.4 Å². The summed E-state index contributed by atoms with van der Waals surface area (Å²) in [6, 6.07) is 0.330. The Morgan fingerprint density at radius 3 is 2.67 bits per heavy atom. The number of carbonyl (C=O) groups excluding carboxylic acids is 1. The smallest absolute Gasteiger partial charge is 0.207 e. The molecule has 2 heteroatoms. The van der Waals surface area contributed by atoms with Crippen molar-refractivity contribution in [2.75, 3.05) is 0 Å². The van der Waals surface area contributed by atoms with E-state index in [4.69, 9.17) is 0 Å². The van der Waals surface area contributed by atoms with Crippen molar-refractivity contribution in [1.82, 2.24) is 5.32 Å². The number of nitrogens with one attached hydrogen (secondary N) is 1. The molecule has 4 unspecified atom stereocenters. The van der Waals surface area contributed by atoms with Gasteiger partial charge in [-0.25, -0.2) is 0 Å². The van der Waals surface area contributed by atoms with Gasteiger partial charge in [0.1, 0.15) is 0 Å². The Morgan fingerprint density at radius 2 is 2.17 bits per heavy atom. The number of hydrogen-bond donors (Lipinski definition) is 1. The van der Waals surface area contributed by atoms with E-state index in [1.807, 2.05) is 0 Å². The molecule has 2 aliphatic carbocycles. The van der Waals surface area contributed by atoms with Crippen LogP contribution in [-0.2, 0) is 4.79 Å². The summed E-state index contributed by atoms with van der Waals surface area (Å²) in [6.07, 6.45) is 8.36. The summed E-state index contributed by atoms with van der Waals surface area (Å²) < 4.78 is 0. The molecule has 0 aromatic carbocycles. The van der Waals surface area contributed by atoms with Crippen LogP contribution in [-0.4, -0.2) is 12.5 Å². The van der Waals surface area contributed by atoms with Crippen molar-refractivity contribution >= 4 is 6.41 Å². The van der Waals surface area contributed by atoms with Crippen LogP contribution in [0.15, 0.2) is 11.6 Å². The van der Waals surface area contributed by atoms with Crippen LogP contribution >= 0.6 is 0 Å². The molecule has 0 bridgehead atoms. The second-order valence-electron chi connectivity index (χ2n) is 6.75. The van der Waals surface area contributed by atoms with Crippen molar-refractivity contribution in [2.45, 2.75) is 59.4 Å². The summed E-state index contributed by atoms with van der Waals surface area (Å²) in [7, 11) is 0. The summed E-state index contributed by atoms with van der Waals surface area (Å²) in [4.78, 5) is 11.0. The molecule has 102 valence electrons. The fourth-order valence-electron chi connectivity index (χ4n) is 4.30. The van der Waals surface area contributed by atoms with Gasteiger partial charge in [0.05, 0.1) is 0 Å². The van der Waals surface area contributed by atoms with Gasteiger partial charge in [0.2, 0.25) is 6.41 Å². The lowest BCUT2D eigenvalue weighted by molar-refractivity contribution is -0.112. The fourth-order valence-corrected chi connectivity index (χ4v) is 4.30. The van der Waals surface area contributed by atoms with Crippen molar-refractivity contribution in [3.8, 4) is 0 Å². The average Bonchev–Trinajstić information content (AvgIpc) is 2.69. The molecule has 4 atom stereocenters. The summed E-state index contributed by atoms with van der Waals surface area (Å²) in [5.74, 6) is 1.94. The van der Waals surface area contributed by atoms with Gasteiger partial charge in [0, 0.05) is 11.5 Å². The van der Waals surface area contributed by atoms with E-state index in [1.54, 1.807) is 0 Å². The molecule has 0 saturated heterocycles. The molecule has 1 amide bonds. The highest BCUT2D eigenvalue weighted by Gasteiger charge is 2.50. The quantitative estimate of drug-likeness (QED) is 0.601. The van der Waals surface area contributed by atoms with Crippen molar-refractivity contribution in [3.05, 3.63) is 11.6 Å². The molecule has 1 N–H and O–H groups in total. The van der Waals surface area contributed by atoms with Gasteiger partial charge in [-0.05, 0) is 50.4 Å². The van der Waals surface area contributed by atoms with E-state index < -0.39 is 0 Å². The van der Waals surface area contributed by atoms with Gasteiger partial charge < -0.3 is 5.32 Å². The lowest BCUT2D eigenvalue weighted by Gasteiger charge is -2.50. The molecule has 0 aromatic heterocycles. The average molecular weight is 249 g/mol. The molecule has 2 aliphatic rings. The van der Waals surface area contributed by atoms with Crippen LogP contribution in [0.4, 0.5) is 0 Å². The van der Waals surface area contributed by atoms with Crippen LogP contribution in [0, 0.1) is 23.2 Å². The predicted octanol–water partition coefficient (Wildman–Crippen LogP) is 3.53. The molecule has 0 aromatic rings. The lowest BCUT2D eigenvalue weighted by atomic mass is 9.58. The molecule has 1 spiro atoms.